The number of hydrogen-bond donors (Lipinski definition) is 1. The average molecular weight is 404 g/mol. The third kappa shape index (κ3) is 4.92. The molecule has 1 nitrogen and oxygen atoms in total. The molecule has 0 aliphatic carbocycles. The molecule has 2 aromatic rings. The van der Waals surface area contributed by atoms with Gasteiger partial charge in [-0.25, -0.2) is 0 Å². The molecule has 0 fully saturated rings. The van der Waals surface area contributed by atoms with Gasteiger partial charge in [-0.3, -0.25) is 0 Å². The molecular weight excluding hydrogens is 389 g/mol. The van der Waals surface area contributed by atoms with Crippen LogP contribution in [0.3, 0.4) is 0 Å². The van der Waals surface area contributed by atoms with Crippen LogP contribution >= 0.6 is 43.5 Å². The Hall–Kier alpha value is -0.350. The first kappa shape index (κ1) is 15.0. The molecule has 0 aliphatic heterocycles. The maximum Gasteiger partial charge on any atom is 0.0406 e. The minimum Gasteiger partial charge on any atom is -0.312 e. The van der Waals surface area contributed by atoms with E-state index in [9.17, 15) is 0 Å². The Morgan fingerprint density at radius 1 is 0.895 bits per heavy atom. The lowest BCUT2D eigenvalue weighted by Crippen LogP contribution is -2.16. The standard InChI is InChI=1S/C15H14Br2ClN/c16-14-6-3-12(9-15(14)17)10-19-8-7-11-1-4-13(18)5-2-11/h1-6,9,19H,7-8,10H2. The van der Waals surface area contributed by atoms with Gasteiger partial charge in [0.1, 0.15) is 0 Å². The molecular formula is C15H14Br2ClN. The zero-order valence-corrected chi connectivity index (χ0v) is 14.2. The summed E-state index contributed by atoms with van der Waals surface area (Å²) in [6.07, 6.45) is 1.01. The van der Waals surface area contributed by atoms with E-state index in [4.69, 9.17) is 11.6 Å². The fourth-order valence-corrected chi connectivity index (χ4v) is 2.56. The van der Waals surface area contributed by atoms with Gasteiger partial charge in [-0.15, -0.1) is 0 Å². The molecule has 0 bridgehead atoms. The van der Waals surface area contributed by atoms with Crippen molar-refractivity contribution in [3.8, 4) is 0 Å². The van der Waals surface area contributed by atoms with Crippen LogP contribution in [-0.4, -0.2) is 6.54 Å². The van der Waals surface area contributed by atoms with E-state index < -0.39 is 0 Å². The van der Waals surface area contributed by atoms with Crippen molar-refractivity contribution in [2.75, 3.05) is 6.54 Å². The van der Waals surface area contributed by atoms with Gasteiger partial charge in [-0.05, 0) is 80.2 Å². The Morgan fingerprint density at radius 3 is 2.26 bits per heavy atom. The number of benzene rings is 2. The molecule has 0 radical (unpaired) electrons. The molecule has 2 aromatic carbocycles. The lowest BCUT2D eigenvalue weighted by atomic mass is 10.1. The van der Waals surface area contributed by atoms with Crippen LogP contribution in [-0.2, 0) is 13.0 Å². The first-order valence-corrected chi connectivity index (χ1v) is 8.00. The van der Waals surface area contributed by atoms with E-state index in [0.717, 1.165) is 33.5 Å². The molecule has 0 unspecified atom stereocenters. The Balaban J connectivity index is 1.77. The summed E-state index contributed by atoms with van der Waals surface area (Å²) in [4.78, 5) is 0. The second kappa shape index (κ2) is 7.44. The van der Waals surface area contributed by atoms with Crippen molar-refractivity contribution in [1.29, 1.82) is 0 Å². The number of rotatable bonds is 5. The lowest BCUT2D eigenvalue weighted by Gasteiger charge is -2.06. The number of nitrogens with one attached hydrogen (secondary N) is 1. The molecule has 100 valence electrons. The van der Waals surface area contributed by atoms with Crippen LogP contribution in [0.15, 0.2) is 51.4 Å². The zero-order chi connectivity index (χ0) is 13.7. The van der Waals surface area contributed by atoms with E-state index in [-0.39, 0.29) is 0 Å². The van der Waals surface area contributed by atoms with Gasteiger partial charge in [0.25, 0.3) is 0 Å². The van der Waals surface area contributed by atoms with Crippen molar-refractivity contribution in [2.45, 2.75) is 13.0 Å². The van der Waals surface area contributed by atoms with E-state index in [1.807, 2.05) is 12.1 Å². The monoisotopic (exact) mass is 401 g/mol. The molecule has 4 heteroatoms. The van der Waals surface area contributed by atoms with Gasteiger partial charge < -0.3 is 5.32 Å². The summed E-state index contributed by atoms with van der Waals surface area (Å²) >= 11 is 12.8. The second-order valence-electron chi connectivity index (χ2n) is 4.30. The van der Waals surface area contributed by atoms with Gasteiger partial charge in [-0.2, -0.15) is 0 Å². The summed E-state index contributed by atoms with van der Waals surface area (Å²) < 4.78 is 2.17. The molecule has 0 aliphatic rings. The van der Waals surface area contributed by atoms with Crippen LogP contribution in [0.25, 0.3) is 0 Å². The molecule has 0 heterocycles. The van der Waals surface area contributed by atoms with Gasteiger partial charge >= 0.3 is 0 Å². The molecule has 0 aromatic heterocycles. The van der Waals surface area contributed by atoms with Crippen molar-refractivity contribution in [3.05, 3.63) is 67.6 Å². The molecule has 0 saturated heterocycles. The van der Waals surface area contributed by atoms with E-state index in [1.54, 1.807) is 0 Å². The third-order valence-corrected chi connectivity index (χ3v) is 4.95. The third-order valence-electron chi connectivity index (χ3n) is 2.82. The molecule has 19 heavy (non-hydrogen) atoms. The Labute approximate surface area is 135 Å². The van der Waals surface area contributed by atoms with Crippen molar-refractivity contribution < 1.29 is 0 Å². The molecule has 0 atom stereocenters. The number of halogens is 3. The fourth-order valence-electron chi connectivity index (χ4n) is 1.77. The van der Waals surface area contributed by atoms with E-state index in [0.29, 0.717) is 0 Å². The number of hydrogen-bond acceptors (Lipinski definition) is 1. The Morgan fingerprint density at radius 2 is 1.58 bits per heavy atom. The highest BCUT2D eigenvalue weighted by atomic mass is 79.9. The van der Waals surface area contributed by atoms with Crippen LogP contribution in [0.5, 0.6) is 0 Å². The van der Waals surface area contributed by atoms with Gasteiger partial charge in [0.2, 0.25) is 0 Å². The maximum atomic E-state index is 5.86. The van der Waals surface area contributed by atoms with Crippen molar-refractivity contribution in [2.24, 2.45) is 0 Å². The molecule has 0 spiro atoms. The zero-order valence-electron chi connectivity index (χ0n) is 10.3. The first-order chi connectivity index (χ1) is 9.15. The van der Waals surface area contributed by atoms with E-state index >= 15 is 0 Å². The first-order valence-electron chi connectivity index (χ1n) is 6.04. The van der Waals surface area contributed by atoms with Gasteiger partial charge in [-0.1, -0.05) is 29.8 Å². The predicted molar refractivity (Wildman–Crippen MR) is 88.7 cm³/mol. The molecule has 2 rings (SSSR count). The lowest BCUT2D eigenvalue weighted by molar-refractivity contribution is 0.686. The van der Waals surface area contributed by atoms with E-state index in [2.05, 4.69) is 67.5 Å². The van der Waals surface area contributed by atoms with Gasteiger partial charge in [0, 0.05) is 20.5 Å². The highest BCUT2D eigenvalue weighted by molar-refractivity contribution is 9.13. The van der Waals surface area contributed by atoms with Crippen LogP contribution < -0.4 is 5.32 Å². The quantitative estimate of drug-likeness (QED) is 0.677. The fraction of sp³-hybridized carbons (Fsp3) is 0.200. The maximum absolute atomic E-state index is 5.86. The largest absolute Gasteiger partial charge is 0.312 e. The summed E-state index contributed by atoms with van der Waals surface area (Å²) in [5.74, 6) is 0. The van der Waals surface area contributed by atoms with Crippen LogP contribution in [0.1, 0.15) is 11.1 Å². The van der Waals surface area contributed by atoms with Crippen LogP contribution in [0, 0.1) is 0 Å². The SMILES string of the molecule is Clc1ccc(CCNCc2ccc(Br)c(Br)c2)cc1. The topological polar surface area (TPSA) is 12.0 Å². The Kier molecular flexibility index (Phi) is 5.89. The van der Waals surface area contributed by atoms with Gasteiger partial charge in [0.15, 0.2) is 0 Å². The minimum absolute atomic E-state index is 0.788. The van der Waals surface area contributed by atoms with Crippen LogP contribution in [0.2, 0.25) is 5.02 Å². The summed E-state index contributed by atoms with van der Waals surface area (Å²) in [6, 6.07) is 14.3. The Bertz CT molecular complexity index is 540. The summed E-state index contributed by atoms with van der Waals surface area (Å²) in [7, 11) is 0. The van der Waals surface area contributed by atoms with Crippen LogP contribution in [0.4, 0.5) is 0 Å². The van der Waals surface area contributed by atoms with Gasteiger partial charge in [0.05, 0.1) is 0 Å². The van der Waals surface area contributed by atoms with E-state index in [1.165, 1.54) is 11.1 Å². The van der Waals surface area contributed by atoms with Crippen molar-refractivity contribution in [1.82, 2.24) is 5.32 Å². The average Bonchev–Trinajstić information content (AvgIpc) is 2.41. The molecule has 0 amide bonds. The van der Waals surface area contributed by atoms with Crippen molar-refractivity contribution >= 4 is 43.5 Å². The van der Waals surface area contributed by atoms with Crippen molar-refractivity contribution in [3.63, 3.8) is 0 Å². The summed E-state index contributed by atoms with van der Waals surface area (Å²) in [6.45, 7) is 1.83. The minimum atomic E-state index is 0.788. The summed E-state index contributed by atoms with van der Waals surface area (Å²) in [5.41, 5.74) is 2.57. The summed E-state index contributed by atoms with van der Waals surface area (Å²) in [5, 5.41) is 4.23. The second-order valence-corrected chi connectivity index (χ2v) is 6.45. The normalized spacial score (nSPS) is 10.7. The molecule has 1 N–H and O–H groups in total. The highest BCUT2D eigenvalue weighted by Crippen LogP contribution is 2.23. The highest BCUT2D eigenvalue weighted by Gasteiger charge is 1.99. The predicted octanol–water partition coefficient (Wildman–Crippen LogP) is 5.20. The smallest absolute Gasteiger partial charge is 0.0406 e. The molecule has 0 saturated carbocycles.